The van der Waals surface area contributed by atoms with Gasteiger partial charge in [-0.15, -0.1) is 0 Å². The summed E-state index contributed by atoms with van der Waals surface area (Å²) in [6.45, 7) is 1.36. The van der Waals surface area contributed by atoms with Crippen LogP contribution in [0.5, 0.6) is 5.75 Å². The molecule has 2 aliphatic heterocycles. The Labute approximate surface area is 180 Å². The molecule has 0 N–H and O–H groups in total. The molecule has 158 valence electrons. The first-order chi connectivity index (χ1) is 14.5. The summed E-state index contributed by atoms with van der Waals surface area (Å²) in [5.41, 5.74) is 0.231. The molecule has 0 aromatic heterocycles. The molecule has 1 spiro atoms. The molecule has 2 aromatic carbocycles. The van der Waals surface area contributed by atoms with Gasteiger partial charge in [-0.05, 0) is 49.6 Å². The summed E-state index contributed by atoms with van der Waals surface area (Å²) in [6, 6.07) is 13.5. The van der Waals surface area contributed by atoms with Crippen LogP contribution in [0.1, 0.15) is 31.2 Å². The lowest BCUT2D eigenvalue weighted by Gasteiger charge is -2.45. The Morgan fingerprint density at radius 1 is 1.07 bits per heavy atom. The lowest BCUT2D eigenvalue weighted by atomic mass is 9.84. The molecule has 0 atom stereocenters. The molecule has 2 aliphatic rings. The predicted molar refractivity (Wildman–Crippen MR) is 112 cm³/mol. The molecule has 2 saturated heterocycles. The molecule has 0 radical (unpaired) electrons. The quantitative estimate of drug-likeness (QED) is 0.719. The highest BCUT2D eigenvalue weighted by atomic mass is 35.5. The number of hydrogen-bond donors (Lipinski definition) is 0. The molecule has 0 aliphatic carbocycles. The van der Waals surface area contributed by atoms with Gasteiger partial charge in [-0.3, -0.25) is 9.59 Å². The lowest BCUT2D eigenvalue weighted by Crippen LogP contribution is -2.54. The number of amides is 2. The number of rotatable bonds is 5. The van der Waals surface area contributed by atoms with Crippen molar-refractivity contribution < 1.29 is 18.7 Å². The van der Waals surface area contributed by atoms with Gasteiger partial charge in [-0.1, -0.05) is 29.8 Å². The van der Waals surface area contributed by atoms with Crippen LogP contribution in [-0.2, 0) is 16.1 Å². The van der Waals surface area contributed by atoms with Crippen molar-refractivity contribution in [3.8, 4) is 5.75 Å². The minimum atomic E-state index is -0.298. The van der Waals surface area contributed by atoms with Gasteiger partial charge < -0.3 is 14.5 Å². The highest BCUT2D eigenvalue weighted by Gasteiger charge is 2.47. The van der Waals surface area contributed by atoms with Crippen LogP contribution in [0.4, 0.5) is 4.39 Å². The number of carbonyl (C=O) groups excluding carboxylic acids is 2. The largest absolute Gasteiger partial charge is 0.484 e. The molecule has 2 heterocycles. The van der Waals surface area contributed by atoms with Crippen molar-refractivity contribution in [3.63, 3.8) is 0 Å². The summed E-state index contributed by atoms with van der Waals surface area (Å²) in [7, 11) is 0. The number of nitrogens with zero attached hydrogens (tertiary/aromatic N) is 2. The van der Waals surface area contributed by atoms with Gasteiger partial charge in [-0.25, -0.2) is 4.39 Å². The van der Waals surface area contributed by atoms with Gasteiger partial charge in [0.05, 0.1) is 0 Å². The van der Waals surface area contributed by atoms with Crippen LogP contribution in [-0.4, -0.2) is 46.8 Å². The normalized spacial score (nSPS) is 18.1. The second kappa shape index (κ2) is 8.64. The van der Waals surface area contributed by atoms with Gasteiger partial charge in [-0.2, -0.15) is 0 Å². The standard InChI is InChI=1S/C23H24ClFN2O3/c24-18-5-7-19(8-6-18)30-16-22(29)26-13-11-23(12-14-26)10-9-21(28)27(23)15-17-3-1-2-4-20(17)25/h1-8H,9-16H2. The summed E-state index contributed by atoms with van der Waals surface area (Å²) in [4.78, 5) is 28.7. The maximum Gasteiger partial charge on any atom is 0.260 e. The predicted octanol–water partition coefficient (Wildman–Crippen LogP) is 4.04. The fourth-order valence-corrected chi connectivity index (χ4v) is 4.51. The van der Waals surface area contributed by atoms with Crippen molar-refractivity contribution in [2.24, 2.45) is 0 Å². The minimum Gasteiger partial charge on any atom is -0.484 e. The van der Waals surface area contributed by atoms with Gasteiger partial charge >= 0.3 is 0 Å². The third-order valence-electron chi connectivity index (χ3n) is 6.19. The topological polar surface area (TPSA) is 49.9 Å². The Hall–Kier alpha value is -2.60. The van der Waals surface area contributed by atoms with E-state index in [1.807, 2.05) is 4.90 Å². The fourth-order valence-electron chi connectivity index (χ4n) is 4.39. The molecule has 2 aromatic rings. The van der Waals surface area contributed by atoms with E-state index in [0.717, 1.165) is 6.42 Å². The SMILES string of the molecule is O=C(COc1ccc(Cl)cc1)N1CCC2(CCC(=O)N2Cc2ccccc2F)CC1. The van der Waals surface area contributed by atoms with Crippen molar-refractivity contribution >= 4 is 23.4 Å². The van der Waals surface area contributed by atoms with E-state index in [2.05, 4.69) is 0 Å². The molecule has 0 bridgehead atoms. The van der Waals surface area contributed by atoms with Crippen molar-refractivity contribution in [3.05, 3.63) is 64.9 Å². The Morgan fingerprint density at radius 2 is 1.77 bits per heavy atom. The summed E-state index contributed by atoms with van der Waals surface area (Å²) >= 11 is 5.86. The number of benzene rings is 2. The zero-order chi connectivity index (χ0) is 21.1. The fraction of sp³-hybridized carbons (Fsp3) is 0.391. The molecule has 0 saturated carbocycles. The zero-order valence-corrected chi connectivity index (χ0v) is 17.4. The number of hydrogen-bond acceptors (Lipinski definition) is 3. The van der Waals surface area contributed by atoms with E-state index in [1.54, 1.807) is 47.4 Å². The zero-order valence-electron chi connectivity index (χ0n) is 16.7. The van der Waals surface area contributed by atoms with Crippen LogP contribution >= 0.6 is 11.6 Å². The van der Waals surface area contributed by atoms with Crippen LogP contribution in [0.25, 0.3) is 0 Å². The summed E-state index contributed by atoms with van der Waals surface area (Å²) in [6.07, 6.45) is 2.62. The molecular formula is C23H24ClFN2O3. The first-order valence-electron chi connectivity index (χ1n) is 10.2. The summed E-state index contributed by atoms with van der Waals surface area (Å²) < 4.78 is 19.7. The molecule has 5 nitrogen and oxygen atoms in total. The molecule has 7 heteroatoms. The second-order valence-corrected chi connectivity index (χ2v) is 8.36. The monoisotopic (exact) mass is 430 g/mol. The Morgan fingerprint density at radius 3 is 2.47 bits per heavy atom. The van der Waals surface area contributed by atoms with Crippen LogP contribution < -0.4 is 4.74 Å². The smallest absolute Gasteiger partial charge is 0.260 e. The number of likely N-dealkylation sites (tertiary alicyclic amines) is 2. The lowest BCUT2D eigenvalue weighted by molar-refractivity contribution is -0.138. The van der Waals surface area contributed by atoms with Gasteiger partial charge in [0, 0.05) is 42.2 Å². The van der Waals surface area contributed by atoms with Gasteiger partial charge in [0.1, 0.15) is 11.6 Å². The first kappa shape index (κ1) is 20.7. The van der Waals surface area contributed by atoms with E-state index >= 15 is 0 Å². The summed E-state index contributed by atoms with van der Waals surface area (Å²) in [5.74, 6) is 0.284. The highest BCUT2D eigenvalue weighted by Crippen LogP contribution is 2.40. The van der Waals surface area contributed by atoms with Crippen molar-refractivity contribution in [2.45, 2.75) is 37.8 Å². The number of halogens is 2. The van der Waals surface area contributed by atoms with Crippen molar-refractivity contribution in [2.75, 3.05) is 19.7 Å². The third-order valence-corrected chi connectivity index (χ3v) is 6.44. The molecule has 2 amide bonds. The molecule has 0 unspecified atom stereocenters. The van der Waals surface area contributed by atoms with E-state index < -0.39 is 0 Å². The average molecular weight is 431 g/mol. The van der Waals surface area contributed by atoms with Gasteiger partial charge in [0.2, 0.25) is 5.91 Å². The van der Waals surface area contributed by atoms with Crippen LogP contribution in [0, 0.1) is 5.82 Å². The Balaban J connectivity index is 1.36. The second-order valence-electron chi connectivity index (χ2n) is 7.92. The maximum absolute atomic E-state index is 14.1. The highest BCUT2D eigenvalue weighted by molar-refractivity contribution is 6.30. The van der Waals surface area contributed by atoms with E-state index in [9.17, 15) is 14.0 Å². The van der Waals surface area contributed by atoms with Gasteiger partial charge in [0.15, 0.2) is 6.61 Å². The van der Waals surface area contributed by atoms with Crippen LogP contribution in [0.3, 0.4) is 0 Å². The van der Waals surface area contributed by atoms with Crippen molar-refractivity contribution in [1.29, 1.82) is 0 Å². The van der Waals surface area contributed by atoms with E-state index in [0.29, 0.717) is 48.7 Å². The Bertz CT molecular complexity index is 926. The number of ether oxygens (including phenoxy) is 1. The molecule has 2 fully saturated rings. The maximum atomic E-state index is 14.1. The molecule has 30 heavy (non-hydrogen) atoms. The molecule has 4 rings (SSSR count). The third kappa shape index (κ3) is 4.29. The molecular weight excluding hydrogens is 407 g/mol. The van der Waals surface area contributed by atoms with Crippen LogP contribution in [0.15, 0.2) is 48.5 Å². The number of piperidine rings is 1. The van der Waals surface area contributed by atoms with E-state index in [1.165, 1.54) is 6.07 Å². The summed E-state index contributed by atoms with van der Waals surface area (Å²) in [5, 5.41) is 0.612. The van der Waals surface area contributed by atoms with E-state index in [4.69, 9.17) is 16.3 Å². The minimum absolute atomic E-state index is 0.0352. The number of carbonyl (C=O) groups is 2. The van der Waals surface area contributed by atoms with Crippen molar-refractivity contribution in [1.82, 2.24) is 9.80 Å². The van der Waals surface area contributed by atoms with Gasteiger partial charge in [0.25, 0.3) is 5.91 Å². The van der Waals surface area contributed by atoms with Crippen LogP contribution in [0.2, 0.25) is 5.02 Å². The average Bonchev–Trinajstić information content (AvgIpc) is 3.05. The van der Waals surface area contributed by atoms with E-state index in [-0.39, 0.29) is 36.3 Å². The first-order valence-corrected chi connectivity index (χ1v) is 10.5. The Kier molecular flexibility index (Phi) is 5.95.